The molecule has 0 aliphatic carbocycles. The molecule has 0 aromatic heterocycles. The number of esters is 1. The molecule has 7 nitrogen and oxygen atoms in total. The van der Waals surface area contributed by atoms with Crippen molar-refractivity contribution in [3.8, 4) is 5.75 Å². The summed E-state index contributed by atoms with van der Waals surface area (Å²) in [5, 5.41) is 5.57. The van der Waals surface area contributed by atoms with Gasteiger partial charge in [-0.1, -0.05) is 43.6 Å². The van der Waals surface area contributed by atoms with Gasteiger partial charge in [0.2, 0.25) is 5.91 Å². The number of rotatable bonds is 8. The van der Waals surface area contributed by atoms with Crippen molar-refractivity contribution in [3.63, 3.8) is 0 Å². The molecule has 1 unspecified atom stereocenters. The third kappa shape index (κ3) is 6.50. The second-order valence-corrected chi connectivity index (χ2v) is 6.97. The van der Waals surface area contributed by atoms with Crippen LogP contribution in [0.15, 0.2) is 48.5 Å². The van der Waals surface area contributed by atoms with Gasteiger partial charge in [0.05, 0.1) is 17.7 Å². The number of para-hydroxylation sites is 1. The maximum absolute atomic E-state index is 12.7. The Morgan fingerprint density at radius 3 is 2.38 bits per heavy atom. The largest absolute Gasteiger partial charge is 0.484 e. The molecule has 0 radical (unpaired) electrons. The van der Waals surface area contributed by atoms with E-state index in [4.69, 9.17) is 16.3 Å². The Bertz CT molecular complexity index is 871. The van der Waals surface area contributed by atoms with Crippen molar-refractivity contribution in [2.45, 2.75) is 19.9 Å². The summed E-state index contributed by atoms with van der Waals surface area (Å²) < 4.78 is 10.1. The molecule has 0 fully saturated rings. The first kappa shape index (κ1) is 22.2. The maximum Gasteiger partial charge on any atom is 0.339 e. The van der Waals surface area contributed by atoms with Gasteiger partial charge in [-0.05, 0) is 36.2 Å². The molecule has 0 aliphatic heterocycles. The zero-order valence-electron chi connectivity index (χ0n) is 16.4. The van der Waals surface area contributed by atoms with E-state index in [-0.39, 0.29) is 23.1 Å². The van der Waals surface area contributed by atoms with Gasteiger partial charge in [0.1, 0.15) is 11.8 Å². The lowest BCUT2D eigenvalue weighted by Gasteiger charge is -2.22. The molecular formula is C21H23ClN2O5. The Kier molecular flexibility index (Phi) is 8.03. The van der Waals surface area contributed by atoms with E-state index in [0.717, 1.165) is 0 Å². The molecule has 0 aliphatic rings. The second-order valence-electron chi connectivity index (χ2n) is 6.57. The molecule has 154 valence electrons. The predicted octanol–water partition coefficient (Wildman–Crippen LogP) is 3.28. The van der Waals surface area contributed by atoms with Crippen LogP contribution >= 0.6 is 11.6 Å². The van der Waals surface area contributed by atoms with Crippen molar-refractivity contribution >= 4 is 35.1 Å². The van der Waals surface area contributed by atoms with Crippen LogP contribution in [0.25, 0.3) is 0 Å². The van der Waals surface area contributed by atoms with E-state index in [1.54, 1.807) is 30.3 Å². The lowest BCUT2D eigenvalue weighted by molar-refractivity contribution is -0.128. The van der Waals surface area contributed by atoms with E-state index < -0.39 is 23.8 Å². The fraction of sp³-hybridized carbons (Fsp3) is 0.286. The minimum Gasteiger partial charge on any atom is -0.484 e. The fourth-order valence-corrected chi connectivity index (χ4v) is 2.70. The molecular weight excluding hydrogens is 396 g/mol. The number of nitrogens with one attached hydrogen (secondary N) is 2. The van der Waals surface area contributed by atoms with Gasteiger partial charge in [-0.25, -0.2) is 4.79 Å². The third-order valence-corrected chi connectivity index (χ3v) is 4.35. The van der Waals surface area contributed by atoms with Crippen molar-refractivity contribution in [2.24, 2.45) is 5.92 Å². The molecule has 0 heterocycles. The third-order valence-electron chi connectivity index (χ3n) is 4.02. The van der Waals surface area contributed by atoms with Crippen LogP contribution < -0.4 is 15.4 Å². The van der Waals surface area contributed by atoms with Crippen molar-refractivity contribution in [1.29, 1.82) is 0 Å². The summed E-state index contributed by atoms with van der Waals surface area (Å²) in [6.45, 7) is 3.41. The van der Waals surface area contributed by atoms with Gasteiger partial charge in [-0.15, -0.1) is 0 Å². The molecule has 0 bridgehead atoms. The zero-order chi connectivity index (χ0) is 21.4. The van der Waals surface area contributed by atoms with E-state index in [0.29, 0.717) is 11.4 Å². The predicted molar refractivity (Wildman–Crippen MR) is 110 cm³/mol. The van der Waals surface area contributed by atoms with Gasteiger partial charge < -0.3 is 20.1 Å². The van der Waals surface area contributed by atoms with E-state index in [1.165, 1.54) is 19.2 Å². The summed E-state index contributed by atoms with van der Waals surface area (Å²) in [7, 11) is 1.24. The molecule has 2 aromatic rings. The van der Waals surface area contributed by atoms with E-state index >= 15 is 0 Å². The van der Waals surface area contributed by atoms with Crippen molar-refractivity contribution in [1.82, 2.24) is 5.32 Å². The quantitative estimate of drug-likeness (QED) is 0.641. The Balaban J connectivity index is 2.02. The minimum absolute atomic E-state index is 0.133. The normalized spacial score (nSPS) is 11.5. The van der Waals surface area contributed by atoms with Crippen LogP contribution in [0.2, 0.25) is 5.02 Å². The lowest BCUT2D eigenvalue weighted by Crippen LogP contribution is -2.48. The highest BCUT2D eigenvalue weighted by molar-refractivity contribution is 6.33. The van der Waals surface area contributed by atoms with Crippen LogP contribution in [0.4, 0.5) is 5.69 Å². The fourth-order valence-electron chi connectivity index (χ4n) is 2.51. The summed E-state index contributed by atoms with van der Waals surface area (Å²) in [5.41, 5.74) is 0.494. The number of amides is 2. The monoisotopic (exact) mass is 418 g/mol. The smallest absolute Gasteiger partial charge is 0.339 e. The number of carbonyl (C=O) groups excluding carboxylic acids is 3. The van der Waals surface area contributed by atoms with Crippen molar-refractivity contribution in [2.75, 3.05) is 19.0 Å². The summed E-state index contributed by atoms with van der Waals surface area (Å²) in [4.78, 5) is 36.7. The van der Waals surface area contributed by atoms with E-state index in [9.17, 15) is 14.4 Å². The Morgan fingerprint density at radius 2 is 1.76 bits per heavy atom. The number of hydrogen-bond donors (Lipinski definition) is 2. The van der Waals surface area contributed by atoms with Crippen LogP contribution in [0.1, 0.15) is 24.2 Å². The number of carbonyl (C=O) groups is 3. The van der Waals surface area contributed by atoms with Gasteiger partial charge in [0, 0.05) is 5.69 Å². The molecule has 0 spiro atoms. The molecule has 0 saturated heterocycles. The molecule has 2 rings (SSSR count). The van der Waals surface area contributed by atoms with Crippen LogP contribution in [0, 0.1) is 5.92 Å². The zero-order valence-corrected chi connectivity index (χ0v) is 17.2. The Morgan fingerprint density at radius 1 is 1.07 bits per heavy atom. The average molecular weight is 419 g/mol. The number of anilines is 1. The average Bonchev–Trinajstić information content (AvgIpc) is 2.71. The van der Waals surface area contributed by atoms with Crippen LogP contribution in [-0.4, -0.2) is 37.5 Å². The van der Waals surface area contributed by atoms with Crippen molar-refractivity contribution < 1.29 is 23.9 Å². The van der Waals surface area contributed by atoms with Crippen LogP contribution in [0.3, 0.4) is 0 Å². The highest BCUT2D eigenvalue weighted by atomic mass is 35.5. The van der Waals surface area contributed by atoms with Crippen molar-refractivity contribution in [3.05, 3.63) is 59.1 Å². The van der Waals surface area contributed by atoms with E-state index in [1.807, 2.05) is 19.9 Å². The number of benzene rings is 2. The molecule has 29 heavy (non-hydrogen) atoms. The van der Waals surface area contributed by atoms with Crippen LogP contribution in [-0.2, 0) is 14.3 Å². The summed E-state index contributed by atoms with van der Waals surface area (Å²) in [5.74, 6) is -1.08. The van der Waals surface area contributed by atoms with E-state index in [2.05, 4.69) is 15.4 Å². The SMILES string of the molecule is COC(=O)c1cc(NC(=O)C(NC(=O)COc2ccccc2)C(C)C)ccc1Cl. The molecule has 2 aromatic carbocycles. The topological polar surface area (TPSA) is 93.7 Å². The Labute approximate surface area is 174 Å². The molecule has 8 heteroatoms. The number of hydrogen-bond acceptors (Lipinski definition) is 5. The second kappa shape index (κ2) is 10.5. The van der Waals surface area contributed by atoms with Crippen LogP contribution in [0.5, 0.6) is 5.75 Å². The van der Waals surface area contributed by atoms with Gasteiger partial charge in [0.25, 0.3) is 5.91 Å². The molecule has 2 amide bonds. The summed E-state index contributed by atoms with van der Waals surface area (Å²) >= 11 is 5.99. The summed E-state index contributed by atoms with van der Waals surface area (Å²) in [6.07, 6.45) is 0. The minimum atomic E-state index is -0.792. The number of ether oxygens (including phenoxy) is 2. The highest BCUT2D eigenvalue weighted by Gasteiger charge is 2.25. The summed E-state index contributed by atoms with van der Waals surface area (Å²) in [6, 6.07) is 12.6. The van der Waals surface area contributed by atoms with Gasteiger partial charge >= 0.3 is 5.97 Å². The maximum atomic E-state index is 12.7. The van der Waals surface area contributed by atoms with Gasteiger partial charge in [-0.2, -0.15) is 0 Å². The first-order valence-corrected chi connectivity index (χ1v) is 9.35. The van der Waals surface area contributed by atoms with Gasteiger partial charge in [0.15, 0.2) is 6.61 Å². The lowest BCUT2D eigenvalue weighted by atomic mass is 10.0. The standard InChI is InChI=1S/C21H23ClN2O5/c1-13(2)19(24-18(25)12-29-15-7-5-4-6-8-15)20(26)23-14-9-10-17(22)16(11-14)21(27)28-3/h4-11,13,19H,12H2,1-3H3,(H,23,26)(H,24,25). The molecule has 2 N–H and O–H groups in total. The first-order chi connectivity index (χ1) is 13.8. The number of methoxy groups -OCH3 is 1. The first-order valence-electron chi connectivity index (χ1n) is 8.97. The highest BCUT2D eigenvalue weighted by Crippen LogP contribution is 2.22. The van der Waals surface area contributed by atoms with Gasteiger partial charge in [-0.3, -0.25) is 9.59 Å². The molecule has 0 saturated carbocycles. The molecule has 1 atom stereocenters. The number of halogens is 1. The Hall–Kier alpha value is -3.06.